The molecule has 144 valence electrons. The molecule has 0 bridgehead atoms. The summed E-state index contributed by atoms with van der Waals surface area (Å²) in [5.74, 6) is 0. The molecular formula is C26H18N2S2. The summed E-state index contributed by atoms with van der Waals surface area (Å²) in [5, 5.41) is 4.83. The monoisotopic (exact) mass is 422 g/mol. The maximum Gasteiger partial charge on any atom is 0.119 e. The van der Waals surface area contributed by atoms with Gasteiger partial charge in [0, 0.05) is 23.4 Å². The van der Waals surface area contributed by atoms with Gasteiger partial charge in [-0.05, 0) is 34.7 Å². The molecule has 6 rings (SSSR count). The van der Waals surface area contributed by atoms with Gasteiger partial charge >= 0.3 is 0 Å². The van der Waals surface area contributed by atoms with Crippen LogP contribution >= 0.6 is 23.1 Å². The topological polar surface area (TPSA) is 16.1 Å². The van der Waals surface area contributed by atoms with Crippen molar-refractivity contribution in [2.75, 3.05) is 11.9 Å². The summed E-state index contributed by atoms with van der Waals surface area (Å²) in [6, 6.07) is 30.1. The number of rotatable bonds is 2. The van der Waals surface area contributed by atoms with Crippen LogP contribution in [0.5, 0.6) is 0 Å². The van der Waals surface area contributed by atoms with Crippen molar-refractivity contribution >= 4 is 55.9 Å². The lowest BCUT2D eigenvalue weighted by atomic mass is 10.1. The van der Waals surface area contributed by atoms with E-state index >= 15 is 0 Å². The van der Waals surface area contributed by atoms with Gasteiger partial charge in [-0.25, -0.2) is 4.98 Å². The van der Waals surface area contributed by atoms with Crippen LogP contribution in [0.1, 0.15) is 5.01 Å². The molecule has 1 aliphatic rings. The van der Waals surface area contributed by atoms with Gasteiger partial charge in [-0.15, -0.1) is 11.3 Å². The molecule has 0 N–H and O–H groups in total. The Morgan fingerprint density at radius 2 is 1.67 bits per heavy atom. The molecule has 30 heavy (non-hydrogen) atoms. The molecule has 1 aromatic heterocycles. The van der Waals surface area contributed by atoms with Gasteiger partial charge in [0.15, 0.2) is 0 Å². The summed E-state index contributed by atoms with van der Waals surface area (Å²) < 4.78 is 1.22. The van der Waals surface area contributed by atoms with E-state index in [0.717, 1.165) is 10.5 Å². The zero-order chi connectivity index (χ0) is 20.1. The van der Waals surface area contributed by atoms with Gasteiger partial charge < -0.3 is 4.90 Å². The lowest BCUT2D eigenvalue weighted by molar-refractivity contribution is 1.20. The molecule has 0 atom stereocenters. The quantitative estimate of drug-likeness (QED) is 0.290. The van der Waals surface area contributed by atoms with Crippen LogP contribution in [0.4, 0.5) is 5.69 Å². The lowest BCUT2D eigenvalue weighted by Gasteiger charge is -2.15. The summed E-state index contributed by atoms with van der Waals surface area (Å²) in [6.45, 7) is 0. The fourth-order valence-corrected chi connectivity index (χ4v) is 6.07. The Kier molecular flexibility index (Phi) is 4.15. The number of hydrogen-bond donors (Lipinski definition) is 0. The number of nitrogens with zero attached hydrogens (tertiary/aromatic N) is 2. The molecule has 0 saturated heterocycles. The van der Waals surface area contributed by atoms with Crippen LogP contribution in [-0.4, -0.2) is 12.0 Å². The van der Waals surface area contributed by atoms with Crippen molar-refractivity contribution in [2.24, 2.45) is 0 Å². The van der Waals surface area contributed by atoms with Crippen LogP contribution in [0.2, 0.25) is 0 Å². The Hall–Kier alpha value is -3.08. The van der Waals surface area contributed by atoms with Crippen LogP contribution < -0.4 is 4.90 Å². The van der Waals surface area contributed by atoms with E-state index in [4.69, 9.17) is 4.98 Å². The number of anilines is 1. The molecule has 0 aliphatic carbocycles. The first-order valence-corrected chi connectivity index (χ1v) is 11.5. The summed E-state index contributed by atoms with van der Waals surface area (Å²) in [7, 11) is 2.15. The van der Waals surface area contributed by atoms with Gasteiger partial charge in [0.2, 0.25) is 0 Å². The summed E-state index contributed by atoms with van der Waals surface area (Å²) >= 11 is 3.56. The minimum atomic E-state index is 1.04. The normalized spacial score (nSPS) is 14.7. The SMILES string of the molecule is CN1/C(=C/c2nc3cc(-c4ccccc4)ccc3s2)Sc2ccc3ccccc3c21. The molecule has 2 nitrogen and oxygen atoms in total. The molecule has 0 fully saturated rings. The first-order chi connectivity index (χ1) is 14.8. The van der Waals surface area contributed by atoms with Crippen molar-refractivity contribution in [1.82, 2.24) is 4.98 Å². The Balaban J connectivity index is 1.39. The zero-order valence-corrected chi connectivity index (χ0v) is 18.0. The summed E-state index contributed by atoms with van der Waals surface area (Å²) in [4.78, 5) is 8.52. The van der Waals surface area contributed by atoms with E-state index in [1.54, 1.807) is 11.3 Å². The summed E-state index contributed by atoms with van der Waals surface area (Å²) in [6.07, 6.45) is 2.21. The van der Waals surface area contributed by atoms with Crippen molar-refractivity contribution < 1.29 is 0 Å². The number of aromatic nitrogens is 1. The van der Waals surface area contributed by atoms with Gasteiger partial charge in [0.05, 0.1) is 20.9 Å². The number of hydrogen-bond acceptors (Lipinski definition) is 4. The van der Waals surface area contributed by atoms with Gasteiger partial charge in [-0.1, -0.05) is 78.5 Å². The van der Waals surface area contributed by atoms with Crippen LogP contribution in [0.25, 0.3) is 38.2 Å². The third-order valence-electron chi connectivity index (χ3n) is 5.50. The Morgan fingerprint density at radius 3 is 2.57 bits per heavy atom. The largest absolute Gasteiger partial charge is 0.338 e. The predicted molar refractivity (Wildman–Crippen MR) is 131 cm³/mol. The molecule has 5 aromatic rings. The second kappa shape index (κ2) is 7.01. The summed E-state index contributed by atoms with van der Waals surface area (Å²) in [5.41, 5.74) is 4.78. The van der Waals surface area contributed by atoms with Gasteiger partial charge in [0.25, 0.3) is 0 Å². The fourth-order valence-electron chi connectivity index (χ4n) is 4.00. The Bertz CT molecular complexity index is 1430. The first-order valence-electron chi connectivity index (χ1n) is 9.87. The minimum absolute atomic E-state index is 1.04. The second-order valence-electron chi connectivity index (χ2n) is 7.38. The smallest absolute Gasteiger partial charge is 0.119 e. The minimum Gasteiger partial charge on any atom is -0.338 e. The van der Waals surface area contributed by atoms with Gasteiger partial charge in [-0.2, -0.15) is 0 Å². The highest BCUT2D eigenvalue weighted by molar-refractivity contribution is 8.04. The standard InChI is InChI=1S/C26H18N2S2/c1-28-25(30-23-14-11-18-9-5-6-10-20(18)26(23)28)16-24-27-21-15-19(12-13-22(21)29-24)17-7-3-2-4-8-17/h2-16H,1H3/b25-16-. The van der Waals surface area contributed by atoms with Crippen molar-refractivity contribution in [2.45, 2.75) is 4.90 Å². The predicted octanol–water partition coefficient (Wildman–Crippen LogP) is 7.66. The number of thiazole rings is 1. The van der Waals surface area contributed by atoms with E-state index in [2.05, 4.69) is 96.9 Å². The van der Waals surface area contributed by atoms with Crippen LogP contribution in [0, 0.1) is 0 Å². The van der Waals surface area contributed by atoms with E-state index < -0.39 is 0 Å². The maximum absolute atomic E-state index is 4.92. The lowest BCUT2D eigenvalue weighted by Crippen LogP contribution is -2.09. The van der Waals surface area contributed by atoms with Gasteiger partial charge in [-0.3, -0.25) is 0 Å². The van der Waals surface area contributed by atoms with Crippen molar-refractivity contribution in [3.63, 3.8) is 0 Å². The molecule has 0 unspecified atom stereocenters. The van der Waals surface area contributed by atoms with Crippen molar-refractivity contribution in [1.29, 1.82) is 0 Å². The highest BCUT2D eigenvalue weighted by Crippen LogP contribution is 2.49. The molecule has 4 heteroatoms. The molecule has 1 aliphatic heterocycles. The zero-order valence-electron chi connectivity index (χ0n) is 16.4. The second-order valence-corrected chi connectivity index (χ2v) is 9.50. The number of benzene rings is 4. The molecule has 0 radical (unpaired) electrons. The molecular weight excluding hydrogens is 404 g/mol. The fraction of sp³-hybridized carbons (Fsp3) is 0.0385. The van der Waals surface area contributed by atoms with Gasteiger partial charge in [0.1, 0.15) is 5.01 Å². The van der Waals surface area contributed by atoms with E-state index in [1.807, 2.05) is 17.8 Å². The van der Waals surface area contributed by atoms with Crippen LogP contribution in [-0.2, 0) is 0 Å². The number of thioether (sulfide) groups is 1. The average molecular weight is 423 g/mol. The molecule has 0 spiro atoms. The van der Waals surface area contributed by atoms with E-state index in [0.29, 0.717) is 0 Å². The van der Waals surface area contributed by atoms with E-state index in [1.165, 1.54) is 42.2 Å². The maximum atomic E-state index is 4.92. The Morgan fingerprint density at radius 1 is 0.833 bits per heavy atom. The van der Waals surface area contributed by atoms with Crippen molar-refractivity contribution in [3.05, 3.63) is 95.0 Å². The number of fused-ring (bicyclic) bond motifs is 4. The van der Waals surface area contributed by atoms with E-state index in [-0.39, 0.29) is 0 Å². The molecule has 2 heterocycles. The molecule has 0 amide bonds. The Labute approximate surface area is 183 Å². The average Bonchev–Trinajstić information content (AvgIpc) is 3.34. The van der Waals surface area contributed by atoms with Crippen LogP contribution in [0.15, 0.2) is 94.9 Å². The van der Waals surface area contributed by atoms with Crippen LogP contribution in [0.3, 0.4) is 0 Å². The third-order valence-corrected chi connectivity index (χ3v) is 7.64. The highest BCUT2D eigenvalue weighted by atomic mass is 32.2. The van der Waals surface area contributed by atoms with E-state index in [9.17, 15) is 0 Å². The highest BCUT2D eigenvalue weighted by Gasteiger charge is 2.24. The molecule has 4 aromatic carbocycles. The first kappa shape index (κ1) is 17.8. The molecule has 0 saturated carbocycles. The third kappa shape index (κ3) is 2.92. The van der Waals surface area contributed by atoms with Crippen molar-refractivity contribution in [3.8, 4) is 11.1 Å².